The fourth-order valence-corrected chi connectivity index (χ4v) is 2.69. The van der Waals surface area contributed by atoms with Crippen molar-refractivity contribution in [3.8, 4) is 0 Å². The minimum absolute atomic E-state index is 0.730. The molecule has 2 rings (SSSR count). The third-order valence-electron chi connectivity index (χ3n) is 3.57. The third-order valence-corrected chi connectivity index (χ3v) is 3.97. The van der Waals surface area contributed by atoms with Gasteiger partial charge >= 0.3 is 0 Å². The van der Waals surface area contributed by atoms with Crippen molar-refractivity contribution in [1.82, 2.24) is 24.9 Å². The number of nitrogens with one attached hydrogen (secondary N) is 1. The van der Waals surface area contributed by atoms with Gasteiger partial charge in [0.25, 0.3) is 0 Å². The Hall–Kier alpha value is -1.40. The molecule has 0 bridgehead atoms. The van der Waals surface area contributed by atoms with Crippen LogP contribution in [0.1, 0.15) is 11.3 Å². The first-order valence-electron chi connectivity index (χ1n) is 6.95. The second-order valence-corrected chi connectivity index (χ2v) is 5.54. The predicted molar refractivity (Wildman–Crippen MR) is 85.6 cm³/mol. The Morgan fingerprint density at radius 2 is 2.15 bits per heavy atom. The average Bonchev–Trinajstić information content (AvgIpc) is 2.75. The SMILES string of the molecule is C=CCNC(=S)N1CCN(Cc2cn(C)nc2C)CC1. The molecule has 6 heteroatoms. The molecule has 0 radical (unpaired) electrons. The van der Waals surface area contributed by atoms with E-state index >= 15 is 0 Å². The number of rotatable bonds is 4. The van der Waals surface area contributed by atoms with E-state index < -0.39 is 0 Å². The molecule has 0 amide bonds. The average molecular weight is 293 g/mol. The van der Waals surface area contributed by atoms with E-state index in [0.717, 1.165) is 50.1 Å². The monoisotopic (exact) mass is 293 g/mol. The molecule has 1 N–H and O–H groups in total. The largest absolute Gasteiger partial charge is 0.359 e. The Bertz CT molecular complexity index is 474. The first-order valence-corrected chi connectivity index (χ1v) is 7.36. The molecule has 1 aliphatic heterocycles. The maximum Gasteiger partial charge on any atom is 0.169 e. The summed E-state index contributed by atoms with van der Waals surface area (Å²) in [5.74, 6) is 0. The summed E-state index contributed by atoms with van der Waals surface area (Å²) in [7, 11) is 1.97. The highest BCUT2D eigenvalue weighted by atomic mass is 32.1. The molecular formula is C14H23N5S. The fraction of sp³-hybridized carbons (Fsp3) is 0.571. The van der Waals surface area contributed by atoms with E-state index in [1.165, 1.54) is 5.56 Å². The molecule has 1 fully saturated rings. The van der Waals surface area contributed by atoms with Crippen molar-refractivity contribution in [3.63, 3.8) is 0 Å². The van der Waals surface area contributed by atoms with E-state index in [2.05, 4.69) is 39.9 Å². The number of nitrogens with zero attached hydrogens (tertiary/aromatic N) is 4. The van der Waals surface area contributed by atoms with Gasteiger partial charge in [0.05, 0.1) is 5.69 Å². The zero-order valence-corrected chi connectivity index (χ0v) is 13.1. The highest BCUT2D eigenvalue weighted by Crippen LogP contribution is 2.11. The quantitative estimate of drug-likeness (QED) is 0.659. The van der Waals surface area contributed by atoms with Gasteiger partial charge in [0.1, 0.15) is 0 Å². The standard InChI is InChI=1S/C14H23N5S/c1-4-5-15-14(20)19-8-6-18(7-9-19)11-13-10-17(3)16-12(13)2/h4,10H,1,5-9,11H2,2-3H3,(H,15,20). The van der Waals surface area contributed by atoms with Crippen molar-refractivity contribution >= 4 is 17.3 Å². The summed E-state index contributed by atoms with van der Waals surface area (Å²) >= 11 is 5.37. The van der Waals surface area contributed by atoms with Crippen molar-refractivity contribution in [3.05, 3.63) is 30.1 Å². The van der Waals surface area contributed by atoms with Gasteiger partial charge in [-0.15, -0.1) is 6.58 Å². The number of thiocarbonyl (C=S) groups is 1. The second kappa shape index (κ2) is 6.85. The molecule has 0 aromatic carbocycles. The number of hydrogen-bond acceptors (Lipinski definition) is 3. The van der Waals surface area contributed by atoms with Crippen LogP contribution in [-0.4, -0.2) is 57.4 Å². The molecule has 5 nitrogen and oxygen atoms in total. The molecule has 0 spiro atoms. The predicted octanol–water partition coefficient (Wildman–Crippen LogP) is 0.907. The van der Waals surface area contributed by atoms with Gasteiger partial charge in [-0.05, 0) is 19.1 Å². The Morgan fingerprint density at radius 3 is 2.70 bits per heavy atom. The number of hydrogen-bond donors (Lipinski definition) is 1. The summed E-state index contributed by atoms with van der Waals surface area (Å²) in [6, 6.07) is 0. The van der Waals surface area contributed by atoms with Gasteiger partial charge in [-0.2, -0.15) is 5.10 Å². The molecule has 2 heterocycles. The first-order chi connectivity index (χ1) is 9.60. The van der Waals surface area contributed by atoms with Crippen LogP contribution >= 0.6 is 12.2 Å². The van der Waals surface area contributed by atoms with Gasteiger partial charge in [0.15, 0.2) is 5.11 Å². The summed E-state index contributed by atoms with van der Waals surface area (Å²) in [5, 5.41) is 8.41. The number of piperazine rings is 1. The fourth-order valence-electron chi connectivity index (χ4n) is 2.43. The highest BCUT2D eigenvalue weighted by molar-refractivity contribution is 7.80. The van der Waals surface area contributed by atoms with E-state index in [4.69, 9.17) is 12.2 Å². The van der Waals surface area contributed by atoms with Gasteiger partial charge < -0.3 is 10.2 Å². The number of aromatic nitrogens is 2. The van der Waals surface area contributed by atoms with Crippen LogP contribution in [0.15, 0.2) is 18.9 Å². The molecule has 1 saturated heterocycles. The van der Waals surface area contributed by atoms with E-state index in [1.54, 1.807) is 0 Å². The summed E-state index contributed by atoms with van der Waals surface area (Å²) < 4.78 is 1.88. The molecule has 20 heavy (non-hydrogen) atoms. The summed E-state index contributed by atoms with van der Waals surface area (Å²) in [6.45, 7) is 11.5. The van der Waals surface area contributed by atoms with Crippen LogP contribution in [-0.2, 0) is 13.6 Å². The minimum Gasteiger partial charge on any atom is -0.359 e. The van der Waals surface area contributed by atoms with Crippen LogP contribution in [0.2, 0.25) is 0 Å². The molecular weight excluding hydrogens is 270 g/mol. The Morgan fingerprint density at radius 1 is 1.45 bits per heavy atom. The van der Waals surface area contributed by atoms with Crippen molar-refractivity contribution in [1.29, 1.82) is 0 Å². The molecule has 1 aliphatic rings. The van der Waals surface area contributed by atoms with Crippen molar-refractivity contribution in [2.24, 2.45) is 7.05 Å². The highest BCUT2D eigenvalue weighted by Gasteiger charge is 2.19. The van der Waals surface area contributed by atoms with Crippen LogP contribution in [0.5, 0.6) is 0 Å². The van der Waals surface area contributed by atoms with E-state index in [-0.39, 0.29) is 0 Å². The van der Waals surface area contributed by atoms with Crippen molar-refractivity contribution in [2.45, 2.75) is 13.5 Å². The van der Waals surface area contributed by atoms with Gasteiger partial charge in [0.2, 0.25) is 0 Å². The van der Waals surface area contributed by atoms with Crippen LogP contribution in [0, 0.1) is 6.92 Å². The topological polar surface area (TPSA) is 36.3 Å². The minimum atomic E-state index is 0.730. The van der Waals surface area contributed by atoms with E-state index in [0.29, 0.717) is 0 Å². The summed E-state index contributed by atoms with van der Waals surface area (Å²) in [6.07, 6.45) is 3.94. The lowest BCUT2D eigenvalue weighted by molar-refractivity contribution is 0.174. The van der Waals surface area contributed by atoms with Crippen LogP contribution in [0.25, 0.3) is 0 Å². The third kappa shape index (κ3) is 3.80. The first kappa shape index (κ1) is 15.0. The molecule has 0 saturated carbocycles. The van der Waals surface area contributed by atoms with Gasteiger partial charge in [0, 0.05) is 58.1 Å². The van der Waals surface area contributed by atoms with Crippen LogP contribution in [0.4, 0.5) is 0 Å². The zero-order chi connectivity index (χ0) is 14.5. The van der Waals surface area contributed by atoms with Gasteiger partial charge in [-0.3, -0.25) is 9.58 Å². The lowest BCUT2D eigenvalue weighted by atomic mass is 10.2. The molecule has 0 aliphatic carbocycles. The lowest BCUT2D eigenvalue weighted by Gasteiger charge is -2.36. The van der Waals surface area contributed by atoms with Gasteiger partial charge in [-0.1, -0.05) is 6.08 Å². The number of aryl methyl sites for hydroxylation is 2. The molecule has 110 valence electrons. The van der Waals surface area contributed by atoms with Crippen molar-refractivity contribution in [2.75, 3.05) is 32.7 Å². The van der Waals surface area contributed by atoms with E-state index in [1.807, 2.05) is 17.8 Å². The molecule has 0 atom stereocenters. The Labute approximate surface area is 126 Å². The Balaban J connectivity index is 1.81. The van der Waals surface area contributed by atoms with Gasteiger partial charge in [-0.25, -0.2) is 0 Å². The molecule has 0 unspecified atom stereocenters. The maximum absolute atomic E-state index is 5.37. The molecule has 1 aromatic rings. The van der Waals surface area contributed by atoms with E-state index in [9.17, 15) is 0 Å². The summed E-state index contributed by atoms with van der Waals surface area (Å²) in [5.41, 5.74) is 2.44. The molecule has 1 aromatic heterocycles. The maximum atomic E-state index is 5.37. The second-order valence-electron chi connectivity index (χ2n) is 5.15. The normalized spacial score (nSPS) is 16.2. The van der Waals surface area contributed by atoms with Crippen molar-refractivity contribution < 1.29 is 0 Å². The Kier molecular flexibility index (Phi) is 5.14. The van der Waals surface area contributed by atoms with Crippen LogP contribution < -0.4 is 5.32 Å². The lowest BCUT2D eigenvalue weighted by Crippen LogP contribution is -2.51. The zero-order valence-electron chi connectivity index (χ0n) is 12.3. The smallest absolute Gasteiger partial charge is 0.169 e. The van der Waals surface area contributed by atoms with Crippen LogP contribution in [0.3, 0.4) is 0 Å². The summed E-state index contributed by atoms with van der Waals surface area (Å²) in [4.78, 5) is 4.68.